The highest BCUT2D eigenvalue weighted by Gasteiger charge is 2.38. The van der Waals surface area contributed by atoms with Crippen molar-refractivity contribution in [2.45, 2.75) is 56.7 Å². The third kappa shape index (κ3) is 2.08. The molecule has 3 nitrogen and oxygen atoms in total. The summed E-state index contributed by atoms with van der Waals surface area (Å²) in [6, 6.07) is 3.21. The van der Waals surface area contributed by atoms with Crippen LogP contribution in [0.1, 0.15) is 38.5 Å². The van der Waals surface area contributed by atoms with Crippen molar-refractivity contribution in [1.82, 2.24) is 4.90 Å². The maximum atomic E-state index is 9.81. The Morgan fingerprint density at radius 3 is 2.57 bits per heavy atom. The Bertz CT molecular complexity index is 232. The lowest BCUT2D eigenvalue weighted by Crippen LogP contribution is -2.42. The minimum absolute atomic E-state index is 0.144. The predicted octanol–water partition coefficient (Wildman–Crippen LogP) is 1.28. The summed E-state index contributed by atoms with van der Waals surface area (Å²) in [7, 11) is 0. The zero-order chi connectivity index (χ0) is 9.97. The van der Waals surface area contributed by atoms with Gasteiger partial charge >= 0.3 is 0 Å². The molecule has 2 aliphatic rings. The smallest absolute Gasteiger partial charge is 0.0695 e. The third-order valence-corrected chi connectivity index (χ3v) is 3.37. The summed E-state index contributed by atoms with van der Waals surface area (Å²) in [5, 5.41) is 18.4. The highest BCUT2D eigenvalue weighted by Crippen LogP contribution is 2.34. The molecule has 2 fully saturated rings. The van der Waals surface area contributed by atoms with Crippen LogP contribution in [0.25, 0.3) is 0 Å². The number of aliphatic hydroxyl groups is 1. The van der Waals surface area contributed by atoms with Crippen molar-refractivity contribution < 1.29 is 5.11 Å². The molecule has 2 rings (SSSR count). The molecule has 0 aromatic heterocycles. The maximum Gasteiger partial charge on any atom is 0.0695 e. The van der Waals surface area contributed by atoms with Gasteiger partial charge in [0.05, 0.1) is 12.2 Å². The summed E-state index contributed by atoms with van der Waals surface area (Å²) in [5.74, 6) is 0. The van der Waals surface area contributed by atoms with Crippen LogP contribution >= 0.6 is 0 Å². The monoisotopic (exact) mass is 194 g/mol. The van der Waals surface area contributed by atoms with Crippen LogP contribution in [0, 0.1) is 11.3 Å². The molecule has 1 N–H and O–H groups in total. The van der Waals surface area contributed by atoms with Gasteiger partial charge in [-0.1, -0.05) is 0 Å². The van der Waals surface area contributed by atoms with E-state index in [4.69, 9.17) is 5.26 Å². The van der Waals surface area contributed by atoms with Crippen molar-refractivity contribution in [3.05, 3.63) is 0 Å². The normalized spacial score (nSPS) is 32.1. The van der Waals surface area contributed by atoms with Gasteiger partial charge in [-0.25, -0.2) is 0 Å². The molecule has 78 valence electrons. The average molecular weight is 194 g/mol. The molecule has 2 unspecified atom stereocenters. The van der Waals surface area contributed by atoms with Gasteiger partial charge in [-0.2, -0.15) is 5.26 Å². The van der Waals surface area contributed by atoms with Gasteiger partial charge in [-0.15, -0.1) is 0 Å². The fourth-order valence-corrected chi connectivity index (χ4v) is 2.51. The number of hydrogen-bond donors (Lipinski definition) is 1. The molecular weight excluding hydrogens is 176 g/mol. The largest absolute Gasteiger partial charge is 0.391 e. The molecule has 2 aliphatic carbocycles. The van der Waals surface area contributed by atoms with Crippen LogP contribution in [-0.2, 0) is 0 Å². The van der Waals surface area contributed by atoms with Gasteiger partial charge < -0.3 is 5.11 Å². The lowest BCUT2D eigenvalue weighted by atomic mass is 10.1. The van der Waals surface area contributed by atoms with E-state index in [9.17, 15) is 5.11 Å². The highest BCUT2D eigenvalue weighted by atomic mass is 16.3. The van der Waals surface area contributed by atoms with Crippen molar-refractivity contribution in [1.29, 1.82) is 5.26 Å². The van der Waals surface area contributed by atoms with Crippen LogP contribution in [0.5, 0.6) is 0 Å². The molecule has 0 saturated heterocycles. The number of nitriles is 1. The van der Waals surface area contributed by atoms with E-state index in [1.54, 1.807) is 0 Å². The first-order chi connectivity index (χ1) is 6.83. The summed E-state index contributed by atoms with van der Waals surface area (Å²) in [6.45, 7) is 0.850. The summed E-state index contributed by atoms with van der Waals surface area (Å²) in [4.78, 5) is 2.38. The van der Waals surface area contributed by atoms with E-state index in [1.807, 2.05) is 0 Å². The van der Waals surface area contributed by atoms with Crippen LogP contribution < -0.4 is 0 Å². The Morgan fingerprint density at radius 2 is 2.07 bits per heavy atom. The fourth-order valence-electron chi connectivity index (χ4n) is 2.51. The summed E-state index contributed by atoms with van der Waals surface area (Å²) in [6.07, 6.45) is 6.17. The van der Waals surface area contributed by atoms with Crippen LogP contribution in [0.15, 0.2) is 0 Å². The van der Waals surface area contributed by atoms with Gasteiger partial charge in [0.15, 0.2) is 0 Å². The van der Waals surface area contributed by atoms with E-state index in [2.05, 4.69) is 11.0 Å². The van der Waals surface area contributed by atoms with Crippen molar-refractivity contribution in [3.63, 3.8) is 0 Å². The van der Waals surface area contributed by atoms with Crippen LogP contribution in [0.3, 0.4) is 0 Å². The Labute approximate surface area is 85.3 Å². The molecule has 0 amide bonds. The van der Waals surface area contributed by atoms with E-state index >= 15 is 0 Å². The van der Waals surface area contributed by atoms with Crippen LogP contribution in [0.4, 0.5) is 0 Å². The molecule has 0 spiro atoms. The second kappa shape index (κ2) is 4.29. The first-order valence-corrected chi connectivity index (χ1v) is 5.63. The maximum absolute atomic E-state index is 9.81. The Balaban J connectivity index is 1.92. The van der Waals surface area contributed by atoms with Crippen molar-refractivity contribution in [2.24, 2.45) is 0 Å². The minimum atomic E-state index is -0.144. The molecule has 14 heavy (non-hydrogen) atoms. The Morgan fingerprint density at radius 1 is 1.29 bits per heavy atom. The highest BCUT2D eigenvalue weighted by molar-refractivity contribution is 4.95. The number of hydrogen-bond acceptors (Lipinski definition) is 3. The lowest BCUT2D eigenvalue weighted by Gasteiger charge is -2.30. The third-order valence-electron chi connectivity index (χ3n) is 3.37. The quantitative estimate of drug-likeness (QED) is 0.733. The summed E-state index contributed by atoms with van der Waals surface area (Å²) < 4.78 is 0. The van der Waals surface area contributed by atoms with Gasteiger partial charge in [-0.05, 0) is 32.1 Å². The van der Waals surface area contributed by atoms with E-state index < -0.39 is 0 Å². The molecule has 2 atom stereocenters. The molecule has 3 heteroatoms. The summed E-state index contributed by atoms with van der Waals surface area (Å²) in [5.41, 5.74) is 0. The lowest BCUT2D eigenvalue weighted by molar-refractivity contribution is 0.0668. The second-order valence-electron chi connectivity index (χ2n) is 4.44. The average Bonchev–Trinajstić information content (AvgIpc) is 2.92. The molecular formula is C11H18N2O. The van der Waals surface area contributed by atoms with E-state index in [-0.39, 0.29) is 6.10 Å². The molecule has 2 saturated carbocycles. The van der Waals surface area contributed by atoms with Crippen molar-refractivity contribution in [2.75, 3.05) is 6.54 Å². The van der Waals surface area contributed by atoms with Crippen molar-refractivity contribution >= 4 is 0 Å². The number of rotatable bonds is 4. The predicted molar refractivity (Wildman–Crippen MR) is 53.6 cm³/mol. The van der Waals surface area contributed by atoms with Gasteiger partial charge in [0.25, 0.3) is 0 Å². The van der Waals surface area contributed by atoms with Gasteiger partial charge in [-0.3, -0.25) is 4.90 Å². The SMILES string of the molecule is N#CCCN(C1CC1)C1CCCC1O. The zero-order valence-electron chi connectivity index (χ0n) is 8.52. The topological polar surface area (TPSA) is 47.3 Å². The van der Waals surface area contributed by atoms with Crippen molar-refractivity contribution in [3.8, 4) is 6.07 Å². The standard InChI is InChI=1S/C11H18N2O/c12-7-2-8-13(9-5-6-9)10-3-1-4-11(10)14/h9-11,14H,1-6,8H2. The van der Waals surface area contributed by atoms with Gasteiger partial charge in [0, 0.05) is 25.0 Å². The van der Waals surface area contributed by atoms with Crippen LogP contribution in [0.2, 0.25) is 0 Å². The first-order valence-electron chi connectivity index (χ1n) is 5.63. The van der Waals surface area contributed by atoms with Crippen LogP contribution in [-0.4, -0.2) is 34.7 Å². The Hall–Kier alpha value is -0.590. The minimum Gasteiger partial charge on any atom is -0.391 e. The first kappa shape index (κ1) is 9.95. The zero-order valence-corrected chi connectivity index (χ0v) is 8.52. The van der Waals surface area contributed by atoms with E-state index in [0.717, 1.165) is 25.8 Å². The van der Waals surface area contributed by atoms with Gasteiger partial charge in [0.2, 0.25) is 0 Å². The molecule has 0 bridgehead atoms. The second-order valence-corrected chi connectivity index (χ2v) is 4.44. The molecule has 0 aromatic rings. The van der Waals surface area contributed by atoms with E-state index in [0.29, 0.717) is 18.5 Å². The molecule has 0 radical (unpaired) electrons. The fraction of sp³-hybridized carbons (Fsp3) is 0.909. The molecule has 0 aliphatic heterocycles. The molecule has 0 aromatic carbocycles. The van der Waals surface area contributed by atoms with Gasteiger partial charge in [0.1, 0.15) is 0 Å². The summed E-state index contributed by atoms with van der Waals surface area (Å²) >= 11 is 0. The Kier molecular flexibility index (Phi) is 3.05. The molecule has 0 heterocycles. The number of nitrogens with zero attached hydrogens (tertiary/aromatic N) is 2. The number of aliphatic hydroxyl groups excluding tert-OH is 1. The van der Waals surface area contributed by atoms with E-state index in [1.165, 1.54) is 12.8 Å².